The maximum Gasteiger partial charge on any atom is 0.193 e. The van der Waals surface area contributed by atoms with Crippen molar-refractivity contribution in [1.29, 1.82) is 0 Å². The fraction of sp³-hybridized carbons (Fsp3) is 0.708. The molecule has 1 aromatic carbocycles. The van der Waals surface area contributed by atoms with Crippen molar-refractivity contribution in [2.24, 2.45) is 16.8 Å². The summed E-state index contributed by atoms with van der Waals surface area (Å²) in [6, 6.07) is 9.10. The summed E-state index contributed by atoms with van der Waals surface area (Å²) in [7, 11) is 1.90. The van der Waals surface area contributed by atoms with E-state index in [1.54, 1.807) is 0 Å². The van der Waals surface area contributed by atoms with E-state index >= 15 is 0 Å². The molecule has 170 valence electrons. The number of halogens is 1. The summed E-state index contributed by atoms with van der Waals surface area (Å²) >= 11 is 0. The van der Waals surface area contributed by atoms with Gasteiger partial charge in [-0.15, -0.1) is 24.0 Å². The van der Waals surface area contributed by atoms with E-state index in [0.717, 1.165) is 50.5 Å². The molecule has 0 aliphatic carbocycles. The zero-order valence-electron chi connectivity index (χ0n) is 19.4. The Morgan fingerprint density at radius 3 is 2.33 bits per heavy atom. The molecule has 6 heteroatoms. The lowest BCUT2D eigenvalue weighted by Crippen LogP contribution is -2.40. The highest BCUT2D eigenvalue weighted by Crippen LogP contribution is 2.23. The van der Waals surface area contributed by atoms with E-state index in [9.17, 15) is 0 Å². The van der Waals surface area contributed by atoms with E-state index in [1.807, 2.05) is 7.05 Å². The first-order valence-corrected chi connectivity index (χ1v) is 11.6. The zero-order chi connectivity index (χ0) is 20.6. The van der Waals surface area contributed by atoms with Gasteiger partial charge in [0.25, 0.3) is 0 Å². The van der Waals surface area contributed by atoms with Crippen molar-refractivity contribution in [3.05, 3.63) is 29.8 Å². The van der Waals surface area contributed by atoms with Crippen molar-refractivity contribution in [2.45, 2.75) is 46.6 Å². The first-order valence-electron chi connectivity index (χ1n) is 11.6. The molecule has 1 atom stereocenters. The highest BCUT2D eigenvalue weighted by Gasteiger charge is 2.25. The molecule has 1 N–H and O–H groups in total. The predicted molar refractivity (Wildman–Crippen MR) is 140 cm³/mol. The summed E-state index contributed by atoms with van der Waals surface area (Å²) < 4.78 is 0. The number of likely N-dealkylation sites (tertiary alicyclic amines) is 1. The molecule has 0 amide bonds. The van der Waals surface area contributed by atoms with Crippen molar-refractivity contribution < 1.29 is 0 Å². The molecule has 2 heterocycles. The second kappa shape index (κ2) is 12.7. The molecular weight excluding hydrogens is 485 g/mol. The number of nitrogens with zero attached hydrogens (tertiary/aromatic N) is 4. The minimum Gasteiger partial charge on any atom is -0.372 e. The Morgan fingerprint density at radius 1 is 1.07 bits per heavy atom. The molecule has 0 bridgehead atoms. The minimum atomic E-state index is 0. The van der Waals surface area contributed by atoms with Crippen LogP contribution in [0.4, 0.5) is 5.69 Å². The van der Waals surface area contributed by atoms with Gasteiger partial charge in [0, 0.05) is 52.0 Å². The Bertz CT molecular complexity index is 636. The average Bonchev–Trinajstić information content (AvgIpc) is 3.22. The summed E-state index contributed by atoms with van der Waals surface area (Å²) in [5.74, 6) is 2.67. The number of benzene rings is 1. The summed E-state index contributed by atoms with van der Waals surface area (Å²) in [6.07, 6.45) is 3.88. The Morgan fingerprint density at radius 2 is 1.73 bits per heavy atom. The monoisotopic (exact) mass is 527 g/mol. The quantitative estimate of drug-likeness (QED) is 0.326. The largest absolute Gasteiger partial charge is 0.372 e. The van der Waals surface area contributed by atoms with Gasteiger partial charge in [0.2, 0.25) is 0 Å². The molecule has 0 radical (unpaired) electrons. The first kappa shape index (κ1) is 25.2. The van der Waals surface area contributed by atoms with Crippen LogP contribution in [0.25, 0.3) is 0 Å². The maximum atomic E-state index is 4.55. The van der Waals surface area contributed by atoms with Crippen LogP contribution in [0.3, 0.4) is 0 Å². The van der Waals surface area contributed by atoms with E-state index < -0.39 is 0 Å². The van der Waals surface area contributed by atoms with E-state index in [1.165, 1.54) is 50.1 Å². The number of piperidine rings is 1. The topological polar surface area (TPSA) is 34.1 Å². The molecule has 2 fully saturated rings. The second-order valence-electron chi connectivity index (χ2n) is 8.82. The Balaban J connectivity index is 0.00000320. The predicted octanol–water partition coefficient (Wildman–Crippen LogP) is 4.28. The Hall–Kier alpha value is -1.02. The number of nitrogens with one attached hydrogen (secondary N) is 1. The second-order valence-corrected chi connectivity index (χ2v) is 8.82. The molecule has 0 aromatic heterocycles. The first-order chi connectivity index (χ1) is 14.1. The molecule has 2 saturated heterocycles. The number of hydrogen-bond acceptors (Lipinski definition) is 3. The lowest BCUT2D eigenvalue weighted by atomic mass is 9.99. The fourth-order valence-electron chi connectivity index (χ4n) is 4.63. The van der Waals surface area contributed by atoms with Crippen LogP contribution in [0.1, 0.15) is 45.6 Å². The van der Waals surface area contributed by atoms with Gasteiger partial charge in [0.15, 0.2) is 5.96 Å². The molecule has 0 spiro atoms. The molecule has 5 nitrogen and oxygen atoms in total. The van der Waals surface area contributed by atoms with Crippen molar-refractivity contribution >= 4 is 35.6 Å². The highest BCUT2D eigenvalue weighted by atomic mass is 127. The van der Waals surface area contributed by atoms with Crippen LogP contribution >= 0.6 is 24.0 Å². The lowest BCUT2D eigenvalue weighted by molar-refractivity contribution is 0.255. The molecule has 1 unspecified atom stereocenters. The number of anilines is 1. The van der Waals surface area contributed by atoms with Crippen molar-refractivity contribution in [1.82, 2.24) is 15.1 Å². The van der Waals surface area contributed by atoms with E-state index in [0.29, 0.717) is 0 Å². The highest BCUT2D eigenvalue weighted by molar-refractivity contribution is 14.0. The van der Waals surface area contributed by atoms with Crippen LogP contribution in [-0.2, 0) is 6.54 Å². The molecule has 2 aliphatic heterocycles. The van der Waals surface area contributed by atoms with E-state index in [4.69, 9.17) is 0 Å². The molecule has 0 saturated carbocycles. The third kappa shape index (κ3) is 7.01. The summed E-state index contributed by atoms with van der Waals surface area (Å²) in [4.78, 5) is 12.0. The third-order valence-corrected chi connectivity index (χ3v) is 6.74. The van der Waals surface area contributed by atoms with Gasteiger partial charge in [0.1, 0.15) is 0 Å². The van der Waals surface area contributed by atoms with Crippen LogP contribution in [0.15, 0.2) is 29.3 Å². The number of rotatable bonds is 7. The summed E-state index contributed by atoms with van der Waals surface area (Å²) in [5, 5.41) is 3.58. The summed E-state index contributed by atoms with van der Waals surface area (Å²) in [5.41, 5.74) is 2.68. The lowest BCUT2D eigenvalue weighted by Gasteiger charge is -2.32. The SMILES string of the molecule is CCN(CC)CC1CCN(C(=NC)NCc2ccc(N3CCC(C)CC3)cc2)C1.I. The Kier molecular flexibility index (Phi) is 10.7. The van der Waals surface area contributed by atoms with Crippen LogP contribution in [-0.4, -0.2) is 68.6 Å². The summed E-state index contributed by atoms with van der Waals surface area (Å²) in [6.45, 7) is 15.8. The number of aliphatic imine (C=N–C) groups is 1. The minimum absolute atomic E-state index is 0. The van der Waals surface area contributed by atoms with Crippen LogP contribution in [0, 0.1) is 11.8 Å². The Labute approximate surface area is 201 Å². The van der Waals surface area contributed by atoms with Gasteiger partial charge in [-0.3, -0.25) is 4.99 Å². The van der Waals surface area contributed by atoms with Gasteiger partial charge in [-0.1, -0.05) is 32.9 Å². The van der Waals surface area contributed by atoms with E-state index in [2.05, 4.69) is 70.0 Å². The number of hydrogen-bond donors (Lipinski definition) is 1. The fourth-order valence-corrected chi connectivity index (χ4v) is 4.63. The van der Waals surface area contributed by atoms with Crippen molar-refractivity contribution in [3.8, 4) is 0 Å². The smallest absolute Gasteiger partial charge is 0.193 e. The van der Waals surface area contributed by atoms with Crippen LogP contribution in [0.5, 0.6) is 0 Å². The number of guanidine groups is 1. The molecule has 2 aliphatic rings. The standard InChI is InChI=1S/C24H41N5.HI/c1-5-27(6-2)18-22-13-16-29(19-22)24(25-4)26-17-21-7-9-23(10-8-21)28-14-11-20(3)12-15-28;/h7-10,20,22H,5-6,11-19H2,1-4H3,(H,25,26);1H. The maximum absolute atomic E-state index is 4.55. The van der Waals surface area contributed by atoms with Crippen LogP contribution < -0.4 is 10.2 Å². The van der Waals surface area contributed by atoms with Gasteiger partial charge in [0.05, 0.1) is 0 Å². The van der Waals surface area contributed by atoms with Gasteiger partial charge in [-0.05, 0) is 61.9 Å². The molecule has 3 rings (SSSR count). The normalized spacial score (nSPS) is 20.6. The molecular formula is C24H42IN5. The van der Waals surface area contributed by atoms with Gasteiger partial charge in [-0.2, -0.15) is 0 Å². The van der Waals surface area contributed by atoms with Crippen molar-refractivity contribution in [3.63, 3.8) is 0 Å². The van der Waals surface area contributed by atoms with Gasteiger partial charge >= 0.3 is 0 Å². The third-order valence-electron chi connectivity index (χ3n) is 6.74. The van der Waals surface area contributed by atoms with Crippen molar-refractivity contribution in [2.75, 3.05) is 57.8 Å². The van der Waals surface area contributed by atoms with Crippen LogP contribution in [0.2, 0.25) is 0 Å². The van der Waals surface area contributed by atoms with Gasteiger partial charge < -0.3 is 20.0 Å². The molecule has 1 aromatic rings. The zero-order valence-corrected chi connectivity index (χ0v) is 21.8. The molecule has 30 heavy (non-hydrogen) atoms. The van der Waals surface area contributed by atoms with E-state index in [-0.39, 0.29) is 24.0 Å². The average molecular weight is 528 g/mol. The van der Waals surface area contributed by atoms with Gasteiger partial charge in [-0.25, -0.2) is 0 Å².